The second-order valence-electron chi connectivity index (χ2n) is 3.07. The zero-order valence-corrected chi connectivity index (χ0v) is 7.45. The van der Waals surface area contributed by atoms with E-state index in [0.717, 1.165) is 19.4 Å². The van der Waals surface area contributed by atoms with Crippen molar-refractivity contribution in [3.8, 4) is 0 Å². The molecule has 0 saturated carbocycles. The molecule has 0 aromatic heterocycles. The van der Waals surface area contributed by atoms with Crippen molar-refractivity contribution in [3.63, 3.8) is 0 Å². The average Bonchev–Trinajstić information content (AvgIpc) is 2.09. The second-order valence-corrected chi connectivity index (χ2v) is 3.07. The predicted molar refractivity (Wildman–Crippen MR) is 46.6 cm³/mol. The van der Waals surface area contributed by atoms with Gasteiger partial charge in [-0.25, -0.2) is 4.79 Å². The van der Waals surface area contributed by atoms with Crippen molar-refractivity contribution < 1.29 is 9.53 Å². The molecule has 0 bridgehead atoms. The molecule has 68 valence electrons. The summed E-state index contributed by atoms with van der Waals surface area (Å²) in [7, 11) is 1.97. The highest BCUT2D eigenvalue weighted by Gasteiger charge is 2.21. The minimum Gasteiger partial charge on any atom is -0.443 e. The molecule has 12 heavy (non-hydrogen) atoms. The molecule has 1 heterocycles. The molecule has 1 fully saturated rings. The van der Waals surface area contributed by atoms with Gasteiger partial charge >= 0.3 is 5.97 Å². The van der Waals surface area contributed by atoms with Crippen LogP contribution in [0.5, 0.6) is 0 Å². The topological polar surface area (TPSA) is 29.5 Å². The highest BCUT2D eigenvalue weighted by molar-refractivity contribution is 5.81. The van der Waals surface area contributed by atoms with E-state index in [1.165, 1.54) is 12.5 Å². The summed E-state index contributed by atoms with van der Waals surface area (Å²) in [6, 6.07) is 0. The molecule has 1 atom stereocenters. The summed E-state index contributed by atoms with van der Waals surface area (Å²) in [6.07, 6.45) is 4.45. The summed E-state index contributed by atoms with van der Waals surface area (Å²) in [5.41, 5.74) is 0. The number of nitrogens with zero attached hydrogens (tertiary/aromatic N) is 1. The van der Waals surface area contributed by atoms with Crippen molar-refractivity contribution in [3.05, 3.63) is 12.7 Å². The van der Waals surface area contributed by atoms with Crippen LogP contribution >= 0.6 is 0 Å². The lowest BCUT2D eigenvalue weighted by Crippen LogP contribution is -2.39. The van der Waals surface area contributed by atoms with Gasteiger partial charge in [0, 0.05) is 12.6 Å². The Labute approximate surface area is 73.0 Å². The average molecular weight is 169 g/mol. The molecular weight excluding hydrogens is 154 g/mol. The highest BCUT2D eigenvalue weighted by Crippen LogP contribution is 2.15. The summed E-state index contributed by atoms with van der Waals surface area (Å²) in [5, 5.41) is 0. The number of carbonyl (C=O) groups excluding carboxylic acids is 1. The van der Waals surface area contributed by atoms with E-state index in [2.05, 4.69) is 11.5 Å². The highest BCUT2D eigenvalue weighted by atomic mass is 16.6. The number of esters is 1. The lowest BCUT2D eigenvalue weighted by molar-refractivity contribution is -0.154. The van der Waals surface area contributed by atoms with Crippen LogP contribution in [0.1, 0.15) is 19.3 Å². The Balaban J connectivity index is 2.38. The van der Waals surface area contributed by atoms with Gasteiger partial charge in [0.1, 0.15) is 0 Å². The summed E-state index contributed by atoms with van der Waals surface area (Å²) < 4.78 is 5.12. The third-order valence-electron chi connectivity index (χ3n) is 2.12. The van der Waals surface area contributed by atoms with Gasteiger partial charge in [-0.3, -0.25) is 4.90 Å². The zero-order chi connectivity index (χ0) is 8.97. The number of piperidine rings is 1. The quantitative estimate of drug-likeness (QED) is 0.459. The van der Waals surface area contributed by atoms with Crippen LogP contribution in [0.3, 0.4) is 0 Å². The fourth-order valence-electron chi connectivity index (χ4n) is 1.38. The Bertz CT molecular complexity index is 179. The van der Waals surface area contributed by atoms with Gasteiger partial charge < -0.3 is 4.74 Å². The monoisotopic (exact) mass is 169 g/mol. The maximum absolute atomic E-state index is 10.9. The van der Waals surface area contributed by atoms with E-state index in [1.54, 1.807) is 0 Å². The third kappa shape index (κ3) is 2.34. The van der Waals surface area contributed by atoms with E-state index in [-0.39, 0.29) is 12.2 Å². The van der Waals surface area contributed by atoms with E-state index >= 15 is 0 Å². The van der Waals surface area contributed by atoms with Crippen molar-refractivity contribution in [2.45, 2.75) is 25.5 Å². The molecule has 1 rings (SSSR count). The van der Waals surface area contributed by atoms with E-state index < -0.39 is 0 Å². The van der Waals surface area contributed by atoms with Crippen molar-refractivity contribution in [2.75, 3.05) is 13.6 Å². The number of carbonyl (C=O) groups is 1. The lowest BCUT2D eigenvalue weighted by atomic mass is 10.1. The van der Waals surface area contributed by atoms with E-state index in [1.807, 2.05) is 7.05 Å². The van der Waals surface area contributed by atoms with E-state index in [9.17, 15) is 4.79 Å². The molecule has 1 aliphatic heterocycles. The molecule has 0 aromatic rings. The molecule has 1 aliphatic rings. The smallest absolute Gasteiger partial charge is 0.331 e. The minimum atomic E-state index is -0.325. The molecule has 0 N–H and O–H groups in total. The van der Waals surface area contributed by atoms with Crippen LogP contribution in [-0.2, 0) is 9.53 Å². The SMILES string of the molecule is C=CC(=O)OC1CCCCN1C. The number of ether oxygens (including phenoxy) is 1. The molecule has 0 amide bonds. The van der Waals surface area contributed by atoms with Crippen LogP contribution in [0.2, 0.25) is 0 Å². The lowest BCUT2D eigenvalue weighted by Gasteiger charge is -2.31. The maximum atomic E-state index is 10.9. The van der Waals surface area contributed by atoms with Gasteiger partial charge in [0.15, 0.2) is 6.23 Å². The second kappa shape index (κ2) is 4.26. The Morgan fingerprint density at radius 1 is 1.67 bits per heavy atom. The van der Waals surface area contributed by atoms with Crippen LogP contribution in [0.4, 0.5) is 0 Å². The number of likely N-dealkylation sites (tertiary alicyclic amines) is 1. The summed E-state index contributed by atoms with van der Waals surface area (Å²) >= 11 is 0. The molecule has 3 nitrogen and oxygen atoms in total. The van der Waals surface area contributed by atoms with E-state index in [0.29, 0.717) is 0 Å². The molecule has 0 aromatic carbocycles. The van der Waals surface area contributed by atoms with E-state index in [4.69, 9.17) is 4.74 Å². The fourth-order valence-corrected chi connectivity index (χ4v) is 1.38. The Morgan fingerprint density at radius 2 is 2.42 bits per heavy atom. The van der Waals surface area contributed by atoms with Gasteiger partial charge in [-0.2, -0.15) is 0 Å². The van der Waals surface area contributed by atoms with Gasteiger partial charge in [-0.05, 0) is 26.3 Å². The van der Waals surface area contributed by atoms with Crippen LogP contribution in [0.15, 0.2) is 12.7 Å². The van der Waals surface area contributed by atoms with Crippen LogP contribution in [0, 0.1) is 0 Å². The normalized spacial score (nSPS) is 24.9. The van der Waals surface area contributed by atoms with Crippen LogP contribution in [0.25, 0.3) is 0 Å². The molecule has 0 spiro atoms. The third-order valence-corrected chi connectivity index (χ3v) is 2.12. The summed E-state index contributed by atoms with van der Waals surface area (Å²) in [6.45, 7) is 4.37. The molecule has 1 saturated heterocycles. The van der Waals surface area contributed by atoms with Crippen molar-refractivity contribution >= 4 is 5.97 Å². The number of hydrogen-bond acceptors (Lipinski definition) is 3. The van der Waals surface area contributed by atoms with Crippen LogP contribution in [-0.4, -0.2) is 30.7 Å². The molecule has 0 aliphatic carbocycles. The van der Waals surface area contributed by atoms with Crippen LogP contribution < -0.4 is 0 Å². The summed E-state index contributed by atoms with van der Waals surface area (Å²) in [4.78, 5) is 12.9. The Hall–Kier alpha value is -0.830. The molecule has 0 radical (unpaired) electrons. The van der Waals surface area contributed by atoms with Crippen molar-refractivity contribution in [1.82, 2.24) is 4.90 Å². The fraction of sp³-hybridized carbons (Fsp3) is 0.667. The van der Waals surface area contributed by atoms with Crippen molar-refractivity contribution in [2.24, 2.45) is 0 Å². The maximum Gasteiger partial charge on any atom is 0.331 e. The minimum absolute atomic E-state index is 0.0377. The first-order valence-corrected chi connectivity index (χ1v) is 4.27. The zero-order valence-electron chi connectivity index (χ0n) is 7.45. The standard InChI is InChI=1S/C9H15NO2/c1-3-9(11)12-8-6-4-5-7-10(8)2/h3,8H,1,4-7H2,2H3. The molecule has 3 heteroatoms. The Morgan fingerprint density at radius 3 is 3.00 bits per heavy atom. The van der Waals surface area contributed by atoms with Gasteiger partial charge in [0.2, 0.25) is 0 Å². The first kappa shape index (κ1) is 9.26. The first-order chi connectivity index (χ1) is 5.74. The number of rotatable bonds is 2. The predicted octanol–water partition coefficient (Wildman–Crippen LogP) is 1.16. The molecular formula is C9H15NO2. The largest absolute Gasteiger partial charge is 0.443 e. The van der Waals surface area contributed by atoms with Crippen molar-refractivity contribution in [1.29, 1.82) is 0 Å². The number of hydrogen-bond donors (Lipinski definition) is 0. The molecule has 1 unspecified atom stereocenters. The summed E-state index contributed by atoms with van der Waals surface area (Å²) in [5.74, 6) is -0.325. The first-order valence-electron chi connectivity index (χ1n) is 4.27. The van der Waals surface area contributed by atoms with Gasteiger partial charge in [0.25, 0.3) is 0 Å². The Kier molecular flexibility index (Phi) is 3.29. The van der Waals surface area contributed by atoms with Gasteiger partial charge in [-0.1, -0.05) is 6.58 Å². The van der Waals surface area contributed by atoms with Gasteiger partial charge in [-0.15, -0.1) is 0 Å². The van der Waals surface area contributed by atoms with Gasteiger partial charge in [0.05, 0.1) is 0 Å².